The second-order valence-electron chi connectivity index (χ2n) is 6.81. The number of amides is 2. The molecule has 7 heteroatoms. The van der Waals surface area contributed by atoms with Crippen LogP contribution in [0.3, 0.4) is 0 Å². The van der Waals surface area contributed by atoms with Gasteiger partial charge >= 0.3 is 0 Å². The predicted molar refractivity (Wildman–Crippen MR) is 118 cm³/mol. The molecule has 156 valence electrons. The van der Waals surface area contributed by atoms with Crippen LogP contribution in [0.15, 0.2) is 67.0 Å². The van der Waals surface area contributed by atoms with Crippen LogP contribution in [0.2, 0.25) is 0 Å². The molecule has 3 rings (SSSR count). The molecule has 0 saturated heterocycles. The normalized spacial score (nSPS) is 10.8. The van der Waals surface area contributed by atoms with Crippen molar-refractivity contribution in [2.45, 2.75) is 13.8 Å². The maximum atomic E-state index is 12.5. The Morgan fingerprint density at radius 2 is 1.57 bits per heavy atom. The summed E-state index contributed by atoms with van der Waals surface area (Å²) in [6.45, 7) is 7.57. The van der Waals surface area contributed by atoms with E-state index in [0.717, 1.165) is 25.3 Å². The fraction of sp³-hybridized carbons (Fsp3) is 0.261. The van der Waals surface area contributed by atoms with Gasteiger partial charge in [0.1, 0.15) is 0 Å². The maximum absolute atomic E-state index is 12.5. The number of hydrogen-bond donors (Lipinski definition) is 2. The van der Waals surface area contributed by atoms with Crippen molar-refractivity contribution in [2.24, 2.45) is 0 Å². The first-order chi connectivity index (χ1) is 14.6. The fourth-order valence-corrected chi connectivity index (χ4v) is 3.06. The van der Waals surface area contributed by atoms with E-state index in [2.05, 4.69) is 34.5 Å². The van der Waals surface area contributed by atoms with Crippen molar-refractivity contribution in [2.75, 3.05) is 31.5 Å². The summed E-state index contributed by atoms with van der Waals surface area (Å²) < 4.78 is 1.73. The van der Waals surface area contributed by atoms with Gasteiger partial charge in [-0.15, -0.1) is 0 Å². The van der Waals surface area contributed by atoms with Gasteiger partial charge in [0, 0.05) is 42.3 Å². The molecule has 2 aromatic carbocycles. The van der Waals surface area contributed by atoms with Crippen LogP contribution in [-0.4, -0.2) is 52.7 Å². The molecule has 0 aliphatic carbocycles. The Labute approximate surface area is 176 Å². The predicted octanol–water partition coefficient (Wildman–Crippen LogP) is 3.20. The summed E-state index contributed by atoms with van der Waals surface area (Å²) in [5.41, 5.74) is 2.63. The highest BCUT2D eigenvalue weighted by atomic mass is 16.2. The van der Waals surface area contributed by atoms with Crippen LogP contribution >= 0.6 is 0 Å². The molecule has 2 amide bonds. The van der Waals surface area contributed by atoms with E-state index in [4.69, 9.17) is 0 Å². The van der Waals surface area contributed by atoms with E-state index < -0.39 is 0 Å². The van der Waals surface area contributed by atoms with E-state index in [0.29, 0.717) is 23.4 Å². The SMILES string of the molecule is CCN(CC)CCNC(=O)c1ccc(NC(=O)c2ccc(-n3cccn3)cc2)cc1. The number of rotatable bonds is 9. The zero-order valence-electron chi connectivity index (χ0n) is 17.3. The Balaban J connectivity index is 1.53. The van der Waals surface area contributed by atoms with Crippen molar-refractivity contribution in [3.05, 3.63) is 78.1 Å². The summed E-state index contributed by atoms with van der Waals surface area (Å²) in [6.07, 6.45) is 3.55. The van der Waals surface area contributed by atoms with Gasteiger partial charge in [-0.25, -0.2) is 4.68 Å². The van der Waals surface area contributed by atoms with Gasteiger partial charge in [-0.2, -0.15) is 5.10 Å². The fourth-order valence-electron chi connectivity index (χ4n) is 3.06. The molecule has 1 aromatic heterocycles. The summed E-state index contributed by atoms with van der Waals surface area (Å²) in [7, 11) is 0. The molecule has 0 aliphatic rings. The molecule has 2 N–H and O–H groups in total. The molecule has 30 heavy (non-hydrogen) atoms. The van der Waals surface area contributed by atoms with Gasteiger partial charge in [-0.1, -0.05) is 13.8 Å². The minimum absolute atomic E-state index is 0.116. The lowest BCUT2D eigenvalue weighted by molar-refractivity contribution is 0.0948. The number of aromatic nitrogens is 2. The van der Waals surface area contributed by atoms with Crippen LogP contribution in [0.1, 0.15) is 34.6 Å². The number of benzene rings is 2. The third-order valence-electron chi connectivity index (χ3n) is 4.91. The Hall–Kier alpha value is -3.45. The van der Waals surface area contributed by atoms with Crippen molar-refractivity contribution in [1.82, 2.24) is 20.0 Å². The number of anilines is 1. The third kappa shape index (κ3) is 5.55. The Bertz CT molecular complexity index is 946. The highest BCUT2D eigenvalue weighted by molar-refractivity contribution is 6.04. The molecule has 0 saturated carbocycles. The van der Waals surface area contributed by atoms with Gasteiger partial charge in [-0.3, -0.25) is 9.59 Å². The van der Waals surface area contributed by atoms with E-state index in [-0.39, 0.29) is 11.8 Å². The number of nitrogens with zero attached hydrogens (tertiary/aromatic N) is 3. The first-order valence-corrected chi connectivity index (χ1v) is 10.1. The highest BCUT2D eigenvalue weighted by Gasteiger charge is 2.09. The third-order valence-corrected chi connectivity index (χ3v) is 4.91. The van der Waals surface area contributed by atoms with Crippen LogP contribution < -0.4 is 10.6 Å². The lowest BCUT2D eigenvalue weighted by Crippen LogP contribution is -2.34. The average Bonchev–Trinajstić information content (AvgIpc) is 3.32. The lowest BCUT2D eigenvalue weighted by atomic mass is 10.1. The summed E-state index contributed by atoms with van der Waals surface area (Å²) in [6, 6.07) is 15.9. The number of hydrogen-bond acceptors (Lipinski definition) is 4. The summed E-state index contributed by atoms with van der Waals surface area (Å²) >= 11 is 0. The highest BCUT2D eigenvalue weighted by Crippen LogP contribution is 2.13. The number of nitrogens with one attached hydrogen (secondary N) is 2. The lowest BCUT2D eigenvalue weighted by Gasteiger charge is -2.18. The van der Waals surface area contributed by atoms with E-state index >= 15 is 0 Å². The summed E-state index contributed by atoms with van der Waals surface area (Å²) in [4.78, 5) is 27.0. The van der Waals surface area contributed by atoms with Crippen LogP contribution in [0.5, 0.6) is 0 Å². The van der Waals surface area contributed by atoms with Crippen molar-refractivity contribution in [3.8, 4) is 5.69 Å². The molecule has 0 atom stereocenters. The van der Waals surface area contributed by atoms with Crippen molar-refractivity contribution in [3.63, 3.8) is 0 Å². The number of likely N-dealkylation sites (N-methyl/N-ethyl adjacent to an activating group) is 1. The van der Waals surface area contributed by atoms with Gasteiger partial charge in [0.15, 0.2) is 0 Å². The molecule has 3 aromatic rings. The maximum Gasteiger partial charge on any atom is 0.255 e. The molecule has 0 spiro atoms. The second kappa shape index (κ2) is 10.4. The second-order valence-corrected chi connectivity index (χ2v) is 6.81. The van der Waals surface area contributed by atoms with Crippen molar-refractivity contribution >= 4 is 17.5 Å². The van der Waals surface area contributed by atoms with Crippen LogP contribution in [0.4, 0.5) is 5.69 Å². The standard InChI is InChI=1S/C23H27N5O2/c1-3-27(4-2)17-15-24-22(29)18-6-10-20(11-7-18)26-23(30)19-8-12-21(13-9-19)28-16-5-14-25-28/h5-14,16H,3-4,15,17H2,1-2H3,(H,24,29)(H,26,30). The largest absolute Gasteiger partial charge is 0.351 e. The zero-order chi connectivity index (χ0) is 21.3. The number of carbonyl (C=O) groups excluding carboxylic acids is 2. The Morgan fingerprint density at radius 3 is 2.17 bits per heavy atom. The first-order valence-electron chi connectivity index (χ1n) is 10.1. The monoisotopic (exact) mass is 405 g/mol. The van der Waals surface area contributed by atoms with Crippen molar-refractivity contribution in [1.29, 1.82) is 0 Å². The van der Waals surface area contributed by atoms with E-state index in [1.54, 1.807) is 47.3 Å². The van der Waals surface area contributed by atoms with Crippen LogP contribution in [-0.2, 0) is 0 Å². The zero-order valence-corrected chi connectivity index (χ0v) is 17.3. The molecular weight excluding hydrogens is 378 g/mol. The van der Waals surface area contributed by atoms with E-state index in [9.17, 15) is 9.59 Å². The van der Waals surface area contributed by atoms with Gasteiger partial charge < -0.3 is 15.5 Å². The molecule has 0 aliphatic heterocycles. The molecule has 0 bridgehead atoms. The molecular formula is C23H27N5O2. The Kier molecular flexibility index (Phi) is 7.34. The quantitative estimate of drug-likeness (QED) is 0.573. The van der Waals surface area contributed by atoms with E-state index in [1.165, 1.54) is 0 Å². The molecule has 7 nitrogen and oxygen atoms in total. The molecule has 1 heterocycles. The van der Waals surface area contributed by atoms with Crippen molar-refractivity contribution < 1.29 is 9.59 Å². The molecule has 0 unspecified atom stereocenters. The molecule has 0 fully saturated rings. The number of carbonyl (C=O) groups is 2. The van der Waals surface area contributed by atoms with Crippen LogP contribution in [0.25, 0.3) is 5.69 Å². The Morgan fingerprint density at radius 1 is 0.933 bits per heavy atom. The van der Waals surface area contributed by atoms with Gasteiger partial charge in [0.05, 0.1) is 5.69 Å². The first kappa shape index (κ1) is 21.3. The van der Waals surface area contributed by atoms with Gasteiger partial charge in [0.2, 0.25) is 0 Å². The van der Waals surface area contributed by atoms with Gasteiger partial charge in [-0.05, 0) is 67.7 Å². The average molecular weight is 406 g/mol. The van der Waals surface area contributed by atoms with Crippen LogP contribution in [0, 0.1) is 0 Å². The molecule has 0 radical (unpaired) electrons. The summed E-state index contributed by atoms with van der Waals surface area (Å²) in [5, 5.41) is 9.95. The smallest absolute Gasteiger partial charge is 0.255 e. The topological polar surface area (TPSA) is 79.3 Å². The van der Waals surface area contributed by atoms with Gasteiger partial charge in [0.25, 0.3) is 11.8 Å². The minimum Gasteiger partial charge on any atom is -0.351 e. The minimum atomic E-state index is -0.210. The van der Waals surface area contributed by atoms with E-state index in [1.807, 2.05) is 24.4 Å². The summed E-state index contributed by atoms with van der Waals surface area (Å²) in [5.74, 6) is -0.326.